The zero-order valence-corrected chi connectivity index (χ0v) is 13.0. The van der Waals surface area contributed by atoms with Crippen molar-refractivity contribution < 1.29 is 14.4 Å². The third kappa shape index (κ3) is 2.82. The van der Waals surface area contributed by atoms with Crippen LogP contribution >= 0.6 is 23.4 Å². The number of amides is 3. The second-order valence-electron chi connectivity index (χ2n) is 4.74. The van der Waals surface area contributed by atoms with Crippen molar-refractivity contribution in [2.75, 3.05) is 18.8 Å². The SMILES string of the molecule is O=C(NCCN1C(=O)CSC1=O)c1cc2cccc(Cl)c2[nH]1. The number of H-pyrrole nitrogens is 1. The van der Waals surface area contributed by atoms with Crippen LogP contribution in [-0.4, -0.2) is 45.8 Å². The number of halogens is 1. The highest BCUT2D eigenvalue weighted by atomic mass is 35.5. The van der Waals surface area contributed by atoms with Crippen molar-refractivity contribution >= 4 is 51.3 Å². The van der Waals surface area contributed by atoms with Crippen molar-refractivity contribution in [3.63, 3.8) is 0 Å². The summed E-state index contributed by atoms with van der Waals surface area (Å²) in [6.45, 7) is 0.386. The zero-order valence-electron chi connectivity index (χ0n) is 11.4. The number of fused-ring (bicyclic) bond motifs is 1. The second-order valence-corrected chi connectivity index (χ2v) is 6.08. The number of hydrogen-bond donors (Lipinski definition) is 2. The highest BCUT2D eigenvalue weighted by Gasteiger charge is 2.29. The number of thioether (sulfide) groups is 1. The van der Waals surface area contributed by atoms with Crippen LogP contribution in [0.3, 0.4) is 0 Å². The van der Waals surface area contributed by atoms with E-state index in [0.717, 1.165) is 22.0 Å². The fourth-order valence-electron chi connectivity index (χ4n) is 2.22. The Hall–Kier alpha value is -1.99. The van der Waals surface area contributed by atoms with Crippen LogP contribution in [0.2, 0.25) is 5.02 Å². The summed E-state index contributed by atoms with van der Waals surface area (Å²) in [6, 6.07) is 7.11. The molecule has 2 heterocycles. The van der Waals surface area contributed by atoms with Crippen LogP contribution in [0.25, 0.3) is 10.9 Å². The van der Waals surface area contributed by atoms with Crippen molar-refractivity contribution in [1.82, 2.24) is 15.2 Å². The van der Waals surface area contributed by atoms with Crippen LogP contribution in [-0.2, 0) is 4.79 Å². The number of carbonyl (C=O) groups is 3. The van der Waals surface area contributed by atoms with Crippen molar-refractivity contribution in [2.45, 2.75) is 0 Å². The maximum absolute atomic E-state index is 12.1. The molecule has 6 nitrogen and oxygen atoms in total. The monoisotopic (exact) mass is 337 g/mol. The van der Waals surface area contributed by atoms with E-state index < -0.39 is 0 Å². The highest BCUT2D eigenvalue weighted by molar-refractivity contribution is 8.14. The number of imide groups is 1. The van der Waals surface area contributed by atoms with Gasteiger partial charge in [-0.25, -0.2) is 0 Å². The Balaban J connectivity index is 1.63. The third-order valence-corrected chi connectivity index (χ3v) is 4.49. The Morgan fingerprint density at radius 2 is 2.23 bits per heavy atom. The molecule has 2 N–H and O–H groups in total. The predicted molar refractivity (Wildman–Crippen MR) is 85.2 cm³/mol. The van der Waals surface area contributed by atoms with Crippen molar-refractivity contribution in [1.29, 1.82) is 0 Å². The van der Waals surface area contributed by atoms with Crippen molar-refractivity contribution in [2.24, 2.45) is 0 Å². The molecule has 114 valence electrons. The van der Waals surface area contributed by atoms with Gasteiger partial charge in [-0.2, -0.15) is 0 Å². The number of nitrogens with one attached hydrogen (secondary N) is 2. The van der Waals surface area contributed by atoms with Gasteiger partial charge in [-0.15, -0.1) is 0 Å². The highest BCUT2D eigenvalue weighted by Crippen LogP contribution is 2.23. The van der Waals surface area contributed by atoms with Gasteiger partial charge in [0.15, 0.2) is 0 Å². The topological polar surface area (TPSA) is 82.3 Å². The summed E-state index contributed by atoms with van der Waals surface area (Å²) in [5.41, 5.74) is 1.09. The summed E-state index contributed by atoms with van der Waals surface area (Å²) >= 11 is 7.03. The summed E-state index contributed by atoms with van der Waals surface area (Å²) in [4.78, 5) is 39.0. The molecule has 1 aromatic heterocycles. The fourth-order valence-corrected chi connectivity index (χ4v) is 3.20. The van der Waals surface area contributed by atoms with E-state index in [1.54, 1.807) is 12.1 Å². The zero-order chi connectivity index (χ0) is 15.7. The fraction of sp³-hybridized carbons (Fsp3) is 0.214. The first kappa shape index (κ1) is 14.9. The minimum absolute atomic E-state index is 0.174. The number of aromatic nitrogens is 1. The largest absolute Gasteiger partial charge is 0.349 e. The molecule has 1 aliphatic rings. The number of carbonyl (C=O) groups excluding carboxylic acids is 3. The average molecular weight is 338 g/mol. The summed E-state index contributed by atoms with van der Waals surface area (Å²) in [6.07, 6.45) is 0. The first-order valence-electron chi connectivity index (χ1n) is 6.59. The Labute approximate surface area is 135 Å². The standard InChI is InChI=1S/C14H12ClN3O3S/c15-9-3-1-2-8-6-10(17-12(8)9)13(20)16-4-5-18-11(19)7-22-14(18)21/h1-3,6,17H,4-5,7H2,(H,16,20). The van der Waals surface area contributed by atoms with Gasteiger partial charge < -0.3 is 10.3 Å². The van der Waals surface area contributed by atoms with Gasteiger partial charge in [-0.1, -0.05) is 35.5 Å². The minimum atomic E-state index is -0.306. The van der Waals surface area contributed by atoms with E-state index in [-0.39, 0.29) is 35.9 Å². The Bertz CT molecular complexity index is 758. The van der Waals surface area contributed by atoms with E-state index in [4.69, 9.17) is 11.6 Å². The molecule has 1 aliphatic heterocycles. The predicted octanol–water partition coefficient (Wildman–Crippen LogP) is 2.25. The molecule has 1 fully saturated rings. The van der Waals surface area contributed by atoms with E-state index in [0.29, 0.717) is 16.2 Å². The van der Waals surface area contributed by atoms with Gasteiger partial charge in [-0.3, -0.25) is 19.3 Å². The van der Waals surface area contributed by atoms with Crippen molar-refractivity contribution in [3.8, 4) is 0 Å². The Kier molecular flexibility index (Phi) is 4.08. The van der Waals surface area contributed by atoms with E-state index >= 15 is 0 Å². The minimum Gasteiger partial charge on any atom is -0.349 e. The number of aromatic amines is 1. The molecule has 0 bridgehead atoms. The lowest BCUT2D eigenvalue weighted by atomic mass is 10.2. The molecule has 0 spiro atoms. The van der Waals surface area contributed by atoms with E-state index in [1.165, 1.54) is 0 Å². The summed E-state index contributed by atoms with van der Waals surface area (Å²) in [5.74, 6) is -0.353. The Morgan fingerprint density at radius 3 is 2.91 bits per heavy atom. The molecule has 0 aliphatic carbocycles. The van der Waals surface area contributed by atoms with Crippen LogP contribution in [0.4, 0.5) is 4.79 Å². The molecule has 22 heavy (non-hydrogen) atoms. The molecule has 8 heteroatoms. The maximum atomic E-state index is 12.1. The molecule has 0 radical (unpaired) electrons. The van der Waals surface area contributed by atoms with E-state index in [2.05, 4.69) is 10.3 Å². The lowest BCUT2D eigenvalue weighted by Gasteiger charge is -2.12. The second kappa shape index (κ2) is 6.02. The third-order valence-electron chi connectivity index (χ3n) is 3.31. The summed E-state index contributed by atoms with van der Waals surface area (Å²) in [5, 5.41) is 3.80. The lowest BCUT2D eigenvalue weighted by molar-refractivity contribution is -0.124. The molecule has 1 saturated heterocycles. The van der Waals surface area contributed by atoms with Gasteiger partial charge in [-0.05, 0) is 12.1 Å². The summed E-state index contributed by atoms with van der Waals surface area (Å²) < 4.78 is 0. The van der Waals surface area contributed by atoms with E-state index in [1.807, 2.05) is 12.1 Å². The molecule has 0 unspecified atom stereocenters. The van der Waals surface area contributed by atoms with Crippen molar-refractivity contribution in [3.05, 3.63) is 35.0 Å². The number of rotatable bonds is 4. The number of benzene rings is 1. The molecule has 1 aromatic carbocycles. The summed E-state index contributed by atoms with van der Waals surface area (Å²) in [7, 11) is 0. The van der Waals surface area contributed by atoms with Gasteiger partial charge in [0.2, 0.25) is 5.91 Å². The molecular weight excluding hydrogens is 326 g/mol. The van der Waals surface area contributed by atoms with Gasteiger partial charge in [0.1, 0.15) is 5.69 Å². The van der Waals surface area contributed by atoms with Gasteiger partial charge in [0.25, 0.3) is 11.1 Å². The lowest BCUT2D eigenvalue weighted by Crippen LogP contribution is -2.37. The van der Waals surface area contributed by atoms with Crippen LogP contribution in [0.5, 0.6) is 0 Å². The van der Waals surface area contributed by atoms with Crippen LogP contribution in [0.15, 0.2) is 24.3 Å². The molecule has 3 rings (SSSR count). The molecule has 0 atom stereocenters. The average Bonchev–Trinajstić information content (AvgIpc) is 3.06. The number of nitrogens with zero attached hydrogens (tertiary/aromatic N) is 1. The van der Waals surface area contributed by atoms with Gasteiger partial charge in [0, 0.05) is 18.5 Å². The maximum Gasteiger partial charge on any atom is 0.288 e. The van der Waals surface area contributed by atoms with Crippen LogP contribution < -0.4 is 5.32 Å². The smallest absolute Gasteiger partial charge is 0.288 e. The molecular formula is C14H12ClN3O3S. The molecule has 2 aromatic rings. The van der Waals surface area contributed by atoms with Crippen LogP contribution in [0, 0.1) is 0 Å². The first-order valence-corrected chi connectivity index (χ1v) is 7.95. The number of hydrogen-bond acceptors (Lipinski definition) is 4. The normalized spacial score (nSPS) is 14.9. The van der Waals surface area contributed by atoms with Gasteiger partial charge in [0.05, 0.1) is 16.3 Å². The quantitative estimate of drug-likeness (QED) is 0.896. The Morgan fingerprint density at radius 1 is 1.41 bits per heavy atom. The van der Waals surface area contributed by atoms with Crippen LogP contribution in [0.1, 0.15) is 10.5 Å². The molecule has 3 amide bonds. The van der Waals surface area contributed by atoms with Gasteiger partial charge >= 0.3 is 0 Å². The first-order chi connectivity index (χ1) is 10.6. The molecule has 0 saturated carbocycles. The van der Waals surface area contributed by atoms with E-state index in [9.17, 15) is 14.4 Å². The number of para-hydroxylation sites is 1.